The van der Waals surface area contributed by atoms with E-state index in [4.69, 9.17) is 5.73 Å². The second-order valence-electron chi connectivity index (χ2n) is 2.72. The lowest BCUT2D eigenvalue weighted by Crippen LogP contribution is -2.14. The summed E-state index contributed by atoms with van der Waals surface area (Å²) in [6.45, 7) is -0.686. The first kappa shape index (κ1) is 13.3. The van der Waals surface area contributed by atoms with Gasteiger partial charge in [-0.15, -0.1) is 12.4 Å². The van der Waals surface area contributed by atoms with E-state index in [2.05, 4.69) is 0 Å². The summed E-state index contributed by atoms with van der Waals surface area (Å²) in [6, 6.07) is 2.55. The summed E-state index contributed by atoms with van der Waals surface area (Å²) < 4.78 is 37.8. The maximum atomic E-state index is 13.0. The van der Waals surface area contributed by atoms with E-state index in [0.717, 1.165) is 12.1 Å². The number of alkyl halides is 1. The minimum atomic E-state index is -0.911. The largest absolute Gasteiger partial charge is 0.324 e. The molecule has 2 N–H and O–H groups in total. The van der Waals surface area contributed by atoms with Gasteiger partial charge in [0.05, 0.1) is 6.67 Å². The normalized spacial score (nSPS) is 12.0. The maximum absolute atomic E-state index is 13.0. The third-order valence-corrected chi connectivity index (χ3v) is 1.79. The van der Waals surface area contributed by atoms with Crippen LogP contribution in [0.1, 0.15) is 18.0 Å². The molecule has 0 amide bonds. The molecule has 0 spiro atoms. The highest BCUT2D eigenvalue weighted by Crippen LogP contribution is 2.20. The van der Waals surface area contributed by atoms with Gasteiger partial charge >= 0.3 is 0 Å². The van der Waals surface area contributed by atoms with Gasteiger partial charge in [-0.3, -0.25) is 4.39 Å². The second kappa shape index (κ2) is 5.88. The molecule has 1 atom stereocenters. The van der Waals surface area contributed by atoms with E-state index in [0.29, 0.717) is 0 Å². The van der Waals surface area contributed by atoms with Crippen LogP contribution in [0.3, 0.4) is 0 Å². The van der Waals surface area contributed by atoms with Crippen LogP contribution in [0.2, 0.25) is 0 Å². The highest BCUT2D eigenvalue weighted by Gasteiger charge is 2.15. The van der Waals surface area contributed by atoms with Gasteiger partial charge in [0.2, 0.25) is 0 Å². The van der Waals surface area contributed by atoms with Crippen molar-refractivity contribution in [2.75, 3.05) is 6.67 Å². The second-order valence-corrected chi connectivity index (χ2v) is 2.72. The smallest absolute Gasteiger partial charge is 0.130 e. The molecule has 5 heteroatoms. The molecule has 1 rings (SSSR count). The summed E-state index contributed by atoms with van der Waals surface area (Å²) in [7, 11) is 0. The first-order valence-electron chi connectivity index (χ1n) is 3.92. The predicted octanol–water partition coefficient (Wildman–Crippen LogP) is 2.75. The molecule has 0 aromatic heterocycles. The topological polar surface area (TPSA) is 26.0 Å². The summed E-state index contributed by atoms with van der Waals surface area (Å²) in [6.07, 6.45) is -0.0716. The Hall–Kier alpha value is -0.740. The molecule has 0 bridgehead atoms. The summed E-state index contributed by atoms with van der Waals surface area (Å²) >= 11 is 0. The first-order valence-corrected chi connectivity index (χ1v) is 3.92. The van der Waals surface area contributed by atoms with Crippen molar-refractivity contribution < 1.29 is 13.2 Å². The predicted molar refractivity (Wildman–Crippen MR) is 51.1 cm³/mol. The van der Waals surface area contributed by atoms with Crippen molar-refractivity contribution in [2.45, 2.75) is 12.5 Å². The number of hydrogen-bond donors (Lipinski definition) is 1. The van der Waals surface area contributed by atoms with Crippen molar-refractivity contribution in [1.29, 1.82) is 0 Å². The zero-order valence-corrected chi connectivity index (χ0v) is 8.16. The van der Waals surface area contributed by atoms with Crippen LogP contribution in [0.15, 0.2) is 18.2 Å². The van der Waals surface area contributed by atoms with Gasteiger partial charge < -0.3 is 5.73 Å². The van der Waals surface area contributed by atoms with Crippen molar-refractivity contribution in [2.24, 2.45) is 5.73 Å². The minimum absolute atomic E-state index is 0. The van der Waals surface area contributed by atoms with Gasteiger partial charge in [-0.25, -0.2) is 8.78 Å². The number of halogens is 4. The summed E-state index contributed by atoms with van der Waals surface area (Å²) in [5.74, 6) is -1.44. The molecular weight excluding hydrogens is 215 g/mol. The SMILES string of the molecule is Cl.N[C@@H](CCF)c1c(F)cccc1F. The van der Waals surface area contributed by atoms with Gasteiger partial charge in [0.25, 0.3) is 0 Å². The van der Waals surface area contributed by atoms with Crippen LogP contribution >= 0.6 is 12.4 Å². The third kappa shape index (κ3) is 2.89. The number of nitrogens with two attached hydrogens (primary N) is 1. The highest BCUT2D eigenvalue weighted by atomic mass is 35.5. The average Bonchev–Trinajstić information content (AvgIpc) is 2.04. The highest BCUT2D eigenvalue weighted by molar-refractivity contribution is 5.85. The molecule has 0 fully saturated rings. The molecule has 0 aliphatic rings. The first-order chi connectivity index (χ1) is 6.16. The van der Waals surface area contributed by atoms with Gasteiger partial charge in [0.1, 0.15) is 11.6 Å². The van der Waals surface area contributed by atoms with E-state index in [1.807, 2.05) is 0 Å². The molecule has 80 valence electrons. The van der Waals surface area contributed by atoms with E-state index in [1.165, 1.54) is 6.07 Å². The Morgan fingerprint density at radius 2 is 1.71 bits per heavy atom. The van der Waals surface area contributed by atoms with E-state index < -0.39 is 24.4 Å². The average molecular weight is 226 g/mol. The van der Waals surface area contributed by atoms with Crippen LogP contribution in [-0.4, -0.2) is 6.67 Å². The summed E-state index contributed by atoms with van der Waals surface area (Å²) in [5, 5.41) is 0. The Balaban J connectivity index is 0.00000169. The minimum Gasteiger partial charge on any atom is -0.324 e. The van der Waals surface area contributed by atoms with E-state index >= 15 is 0 Å². The van der Waals surface area contributed by atoms with E-state index in [1.54, 1.807) is 0 Å². The molecule has 0 unspecified atom stereocenters. The molecule has 1 aromatic rings. The van der Waals surface area contributed by atoms with Crippen molar-refractivity contribution in [3.8, 4) is 0 Å². The van der Waals surface area contributed by atoms with Gasteiger partial charge in [0.15, 0.2) is 0 Å². The Morgan fingerprint density at radius 3 is 2.14 bits per heavy atom. The Labute approximate surface area is 86.5 Å². The van der Waals surface area contributed by atoms with Crippen LogP contribution in [0.25, 0.3) is 0 Å². The van der Waals surface area contributed by atoms with Crippen LogP contribution in [0, 0.1) is 11.6 Å². The van der Waals surface area contributed by atoms with Gasteiger partial charge in [-0.1, -0.05) is 6.07 Å². The molecule has 0 aliphatic carbocycles. The Kier molecular flexibility index (Phi) is 5.57. The van der Waals surface area contributed by atoms with Crippen molar-refractivity contribution in [1.82, 2.24) is 0 Å². The van der Waals surface area contributed by atoms with Gasteiger partial charge in [-0.2, -0.15) is 0 Å². The quantitative estimate of drug-likeness (QED) is 0.841. The fourth-order valence-electron chi connectivity index (χ4n) is 1.13. The molecular formula is C9H11ClF3N. The summed E-state index contributed by atoms with van der Waals surface area (Å²) in [5.41, 5.74) is 5.15. The van der Waals surface area contributed by atoms with E-state index in [-0.39, 0.29) is 24.4 Å². The maximum Gasteiger partial charge on any atom is 0.130 e. The molecule has 1 nitrogen and oxygen atoms in total. The van der Waals surface area contributed by atoms with Crippen molar-refractivity contribution >= 4 is 12.4 Å². The van der Waals surface area contributed by atoms with Crippen LogP contribution in [0.5, 0.6) is 0 Å². The number of hydrogen-bond acceptors (Lipinski definition) is 1. The molecule has 0 saturated heterocycles. The lowest BCUT2D eigenvalue weighted by Gasteiger charge is -2.11. The fourth-order valence-corrected chi connectivity index (χ4v) is 1.13. The summed E-state index contributed by atoms with van der Waals surface area (Å²) in [4.78, 5) is 0. The number of benzene rings is 1. The molecule has 14 heavy (non-hydrogen) atoms. The standard InChI is InChI=1S/C9H10F3N.ClH/c10-5-4-8(13)9-6(11)2-1-3-7(9)12;/h1-3,8H,4-5,13H2;1H/t8-;/m0./s1. The lowest BCUT2D eigenvalue weighted by molar-refractivity contribution is 0.425. The Bertz CT molecular complexity index is 273. The zero-order chi connectivity index (χ0) is 9.84. The number of rotatable bonds is 3. The zero-order valence-electron chi connectivity index (χ0n) is 7.34. The molecule has 0 aliphatic heterocycles. The lowest BCUT2D eigenvalue weighted by atomic mass is 10.0. The van der Waals surface area contributed by atoms with Crippen LogP contribution in [0.4, 0.5) is 13.2 Å². The van der Waals surface area contributed by atoms with Crippen LogP contribution < -0.4 is 5.73 Å². The molecule has 1 aromatic carbocycles. The molecule has 0 saturated carbocycles. The fraction of sp³-hybridized carbons (Fsp3) is 0.333. The molecule has 0 radical (unpaired) electrons. The molecule has 0 heterocycles. The Morgan fingerprint density at radius 1 is 1.21 bits per heavy atom. The van der Waals surface area contributed by atoms with E-state index in [9.17, 15) is 13.2 Å². The van der Waals surface area contributed by atoms with Crippen molar-refractivity contribution in [3.63, 3.8) is 0 Å². The third-order valence-electron chi connectivity index (χ3n) is 1.79. The monoisotopic (exact) mass is 225 g/mol. The van der Waals surface area contributed by atoms with Gasteiger partial charge in [-0.05, 0) is 18.6 Å². The van der Waals surface area contributed by atoms with Crippen LogP contribution in [-0.2, 0) is 0 Å². The van der Waals surface area contributed by atoms with Crippen molar-refractivity contribution in [3.05, 3.63) is 35.4 Å². The van der Waals surface area contributed by atoms with Gasteiger partial charge in [0, 0.05) is 11.6 Å².